The first-order chi connectivity index (χ1) is 13.4. The van der Waals surface area contributed by atoms with Crippen LogP contribution in [0.15, 0.2) is 22.8 Å². The topological polar surface area (TPSA) is 118 Å². The summed E-state index contributed by atoms with van der Waals surface area (Å²) in [5, 5.41) is 4.93. The van der Waals surface area contributed by atoms with Gasteiger partial charge >= 0.3 is 12.0 Å². The van der Waals surface area contributed by atoms with E-state index in [9.17, 15) is 19.2 Å². The molecule has 1 aliphatic heterocycles. The van der Waals surface area contributed by atoms with Gasteiger partial charge in [0.25, 0.3) is 5.91 Å². The van der Waals surface area contributed by atoms with E-state index in [0.29, 0.717) is 5.76 Å². The van der Waals surface area contributed by atoms with Crippen LogP contribution in [0, 0.1) is 5.92 Å². The Kier molecular flexibility index (Phi) is 6.33. The molecule has 1 aliphatic carbocycles. The van der Waals surface area contributed by atoms with Crippen LogP contribution in [0.3, 0.4) is 0 Å². The highest BCUT2D eigenvalue weighted by Crippen LogP contribution is 2.22. The van der Waals surface area contributed by atoms with Gasteiger partial charge in [-0.05, 0) is 31.9 Å². The Hall–Kier alpha value is -2.84. The molecule has 0 spiro atoms. The number of carbonyl (C=O) groups excluding carboxylic acids is 4. The average molecular weight is 391 g/mol. The van der Waals surface area contributed by atoms with E-state index in [0.717, 1.165) is 25.7 Å². The molecule has 28 heavy (non-hydrogen) atoms. The molecular formula is C19H25N3O6. The Morgan fingerprint density at radius 2 is 2.07 bits per heavy atom. The number of hydrogen-bond donors (Lipinski definition) is 2. The van der Waals surface area contributed by atoms with Crippen LogP contribution < -0.4 is 10.6 Å². The number of urea groups is 1. The minimum atomic E-state index is -1.13. The van der Waals surface area contributed by atoms with Gasteiger partial charge in [0.05, 0.1) is 18.7 Å². The van der Waals surface area contributed by atoms with Crippen LogP contribution >= 0.6 is 0 Å². The molecule has 3 rings (SSSR count). The lowest BCUT2D eigenvalue weighted by atomic mass is 10.1. The van der Waals surface area contributed by atoms with E-state index in [-0.39, 0.29) is 31.5 Å². The molecular weight excluding hydrogens is 366 g/mol. The fourth-order valence-corrected chi connectivity index (χ4v) is 3.50. The molecule has 2 N–H and O–H groups in total. The summed E-state index contributed by atoms with van der Waals surface area (Å²) in [6.45, 7) is 1.88. The van der Waals surface area contributed by atoms with Crippen molar-refractivity contribution >= 4 is 23.8 Å². The summed E-state index contributed by atoms with van der Waals surface area (Å²) in [7, 11) is 0. The second-order valence-electron chi connectivity index (χ2n) is 7.28. The molecule has 1 aromatic heterocycles. The van der Waals surface area contributed by atoms with Crippen LogP contribution in [-0.2, 0) is 25.7 Å². The monoisotopic (exact) mass is 391 g/mol. The molecule has 0 unspecified atom stereocenters. The molecule has 0 radical (unpaired) electrons. The lowest BCUT2D eigenvalue weighted by Gasteiger charge is -2.17. The van der Waals surface area contributed by atoms with Gasteiger partial charge in [0.1, 0.15) is 5.76 Å². The van der Waals surface area contributed by atoms with E-state index in [4.69, 9.17) is 9.15 Å². The number of amides is 4. The van der Waals surface area contributed by atoms with Crippen molar-refractivity contribution in [3.05, 3.63) is 24.2 Å². The van der Waals surface area contributed by atoms with Gasteiger partial charge in [-0.25, -0.2) is 4.79 Å². The molecule has 1 saturated carbocycles. The number of ether oxygens (including phenoxy) is 1. The predicted octanol–water partition coefficient (Wildman–Crippen LogP) is 1.33. The number of rotatable bonds is 6. The van der Waals surface area contributed by atoms with Gasteiger partial charge in [-0.1, -0.05) is 12.8 Å². The SMILES string of the molecule is C[C@H](OC(=O)[C@@H]1CC(=O)N(Cc2ccco2)C1)C(=O)NC(=O)NC1CCCC1. The quantitative estimate of drug-likeness (QED) is 0.707. The number of nitrogens with one attached hydrogen (secondary N) is 2. The van der Waals surface area contributed by atoms with E-state index in [1.165, 1.54) is 18.1 Å². The minimum Gasteiger partial charge on any atom is -0.467 e. The fraction of sp³-hybridized carbons (Fsp3) is 0.579. The maximum atomic E-state index is 12.3. The van der Waals surface area contributed by atoms with E-state index in [1.54, 1.807) is 12.1 Å². The van der Waals surface area contributed by atoms with E-state index >= 15 is 0 Å². The number of esters is 1. The first kappa shape index (κ1) is 19.9. The summed E-state index contributed by atoms with van der Waals surface area (Å²) >= 11 is 0. The van der Waals surface area contributed by atoms with Gasteiger partial charge in [0.2, 0.25) is 5.91 Å². The highest BCUT2D eigenvalue weighted by atomic mass is 16.5. The molecule has 2 fully saturated rings. The van der Waals surface area contributed by atoms with Crippen molar-refractivity contribution in [2.24, 2.45) is 5.92 Å². The largest absolute Gasteiger partial charge is 0.467 e. The molecule has 2 heterocycles. The first-order valence-electron chi connectivity index (χ1n) is 9.54. The van der Waals surface area contributed by atoms with Crippen LogP contribution in [-0.4, -0.2) is 47.4 Å². The zero-order valence-electron chi connectivity index (χ0n) is 15.8. The Labute approximate surface area is 162 Å². The van der Waals surface area contributed by atoms with Gasteiger partial charge in [-0.2, -0.15) is 0 Å². The highest BCUT2D eigenvalue weighted by Gasteiger charge is 2.37. The Morgan fingerprint density at radius 3 is 2.75 bits per heavy atom. The smallest absolute Gasteiger partial charge is 0.321 e. The number of imide groups is 1. The molecule has 4 amide bonds. The average Bonchev–Trinajstić information content (AvgIpc) is 3.39. The van der Waals surface area contributed by atoms with Gasteiger partial charge in [-0.3, -0.25) is 19.7 Å². The Bertz CT molecular complexity index is 726. The second kappa shape index (κ2) is 8.90. The van der Waals surface area contributed by atoms with Gasteiger partial charge in [0.15, 0.2) is 6.10 Å². The van der Waals surface area contributed by atoms with Gasteiger partial charge < -0.3 is 19.4 Å². The summed E-state index contributed by atoms with van der Waals surface area (Å²) in [5.74, 6) is -1.52. The second-order valence-corrected chi connectivity index (χ2v) is 7.28. The maximum absolute atomic E-state index is 12.3. The third kappa shape index (κ3) is 5.11. The first-order valence-corrected chi connectivity index (χ1v) is 9.54. The molecule has 1 aromatic rings. The van der Waals surface area contributed by atoms with Crippen molar-refractivity contribution in [1.29, 1.82) is 0 Å². The van der Waals surface area contributed by atoms with Gasteiger partial charge in [0, 0.05) is 19.0 Å². The Morgan fingerprint density at radius 1 is 1.32 bits per heavy atom. The number of likely N-dealkylation sites (tertiary alicyclic amines) is 1. The number of carbonyl (C=O) groups is 4. The molecule has 0 bridgehead atoms. The van der Waals surface area contributed by atoms with Gasteiger partial charge in [-0.15, -0.1) is 0 Å². The Balaban J connectivity index is 1.43. The minimum absolute atomic E-state index is 0.0239. The maximum Gasteiger partial charge on any atom is 0.321 e. The van der Waals surface area contributed by atoms with Crippen molar-refractivity contribution in [1.82, 2.24) is 15.5 Å². The van der Waals surface area contributed by atoms with Crippen LogP contribution in [0.5, 0.6) is 0 Å². The van der Waals surface area contributed by atoms with Crippen molar-refractivity contribution in [2.75, 3.05) is 6.54 Å². The van der Waals surface area contributed by atoms with Crippen molar-refractivity contribution in [3.8, 4) is 0 Å². The molecule has 152 valence electrons. The third-order valence-corrected chi connectivity index (χ3v) is 5.06. The third-order valence-electron chi connectivity index (χ3n) is 5.06. The summed E-state index contributed by atoms with van der Waals surface area (Å²) < 4.78 is 10.4. The summed E-state index contributed by atoms with van der Waals surface area (Å²) in [6.07, 6.45) is 4.33. The van der Waals surface area contributed by atoms with Crippen molar-refractivity contribution in [3.63, 3.8) is 0 Å². The summed E-state index contributed by atoms with van der Waals surface area (Å²) in [6, 6.07) is 2.97. The normalized spacial score (nSPS) is 20.8. The fourth-order valence-electron chi connectivity index (χ4n) is 3.50. The zero-order valence-corrected chi connectivity index (χ0v) is 15.8. The molecule has 0 aromatic carbocycles. The van der Waals surface area contributed by atoms with E-state index in [1.807, 2.05) is 0 Å². The molecule has 9 heteroatoms. The lowest BCUT2D eigenvalue weighted by Crippen LogP contribution is -2.47. The van der Waals surface area contributed by atoms with Crippen LogP contribution in [0.1, 0.15) is 44.8 Å². The van der Waals surface area contributed by atoms with Crippen LogP contribution in [0.2, 0.25) is 0 Å². The van der Waals surface area contributed by atoms with Crippen molar-refractivity contribution in [2.45, 2.75) is 57.7 Å². The molecule has 1 saturated heterocycles. The van der Waals surface area contributed by atoms with Crippen LogP contribution in [0.25, 0.3) is 0 Å². The highest BCUT2D eigenvalue weighted by molar-refractivity contribution is 5.97. The predicted molar refractivity (Wildman–Crippen MR) is 96.7 cm³/mol. The van der Waals surface area contributed by atoms with E-state index < -0.39 is 29.9 Å². The number of nitrogens with zero attached hydrogens (tertiary/aromatic N) is 1. The summed E-state index contributed by atoms with van der Waals surface area (Å²) in [5.41, 5.74) is 0. The van der Waals surface area contributed by atoms with Crippen LogP contribution in [0.4, 0.5) is 4.79 Å². The molecule has 9 nitrogen and oxygen atoms in total. The standard InChI is InChI=1S/C19H25N3O6/c1-12(17(24)21-19(26)20-14-5-2-3-6-14)28-18(25)13-9-16(23)22(10-13)11-15-7-4-8-27-15/h4,7-8,12-14H,2-3,5-6,9-11H2,1H3,(H2,20,21,24,26)/t12-,13+/m0/s1. The number of hydrogen-bond acceptors (Lipinski definition) is 6. The van der Waals surface area contributed by atoms with Crippen molar-refractivity contribution < 1.29 is 28.3 Å². The van der Waals surface area contributed by atoms with E-state index in [2.05, 4.69) is 10.6 Å². The number of furan rings is 1. The molecule has 2 aliphatic rings. The lowest BCUT2D eigenvalue weighted by molar-refractivity contribution is -0.158. The summed E-state index contributed by atoms with van der Waals surface area (Å²) in [4.78, 5) is 49.8. The zero-order chi connectivity index (χ0) is 20.1. The molecule has 2 atom stereocenters.